The molecule has 0 saturated carbocycles. The normalized spacial score (nSPS) is 14.3. The average Bonchev–Trinajstić information content (AvgIpc) is 2.61. The van der Waals surface area contributed by atoms with E-state index in [1.54, 1.807) is 24.3 Å². The molecule has 1 saturated heterocycles. The highest BCUT2D eigenvalue weighted by Gasteiger charge is 2.22. The van der Waals surface area contributed by atoms with Gasteiger partial charge in [-0.1, -0.05) is 17.7 Å². The summed E-state index contributed by atoms with van der Waals surface area (Å²) in [5.74, 6) is 0.0474. The number of halogens is 1. The van der Waals surface area contributed by atoms with Crippen LogP contribution in [-0.4, -0.2) is 43.0 Å². The zero-order valence-corrected chi connectivity index (χ0v) is 14.7. The van der Waals surface area contributed by atoms with Gasteiger partial charge >= 0.3 is 5.97 Å². The average molecular weight is 359 g/mol. The van der Waals surface area contributed by atoms with Gasteiger partial charge in [-0.15, -0.1) is 0 Å². The van der Waals surface area contributed by atoms with Crippen molar-refractivity contribution in [1.82, 2.24) is 4.90 Å². The third-order valence-corrected chi connectivity index (χ3v) is 4.34. The highest BCUT2D eigenvalue weighted by molar-refractivity contribution is 6.30. The van der Waals surface area contributed by atoms with Gasteiger partial charge in [0.2, 0.25) is 0 Å². The van der Waals surface area contributed by atoms with E-state index in [1.807, 2.05) is 29.2 Å². The number of anilines is 1. The molecule has 5 nitrogen and oxygen atoms in total. The lowest BCUT2D eigenvalue weighted by Gasteiger charge is -2.36. The summed E-state index contributed by atoms with van der Waals surface area (Å²) in [5, 5.41) is 0.712. The van der Waals surface area contributed by atoms with Crippen LogP contribution in [0.1, 0.15) is 17.3 Å². The van der Waals surface area contributed by atoms with E-state index in [2.05, 4.69) is 4.90 Å². The van der Waals surface area contributed by atoms with Crippen molar-refractivity contribution in [3.63, 3.8) is 0 Å². The maximum absolute atomic E-state index is 12.6. The molecule has 1 heterocycles. The molecule has 0 unspecified atom stereocenters. The van der Waals surface area contributed by atoms with E-state index in [4.69, 9.17) is 16.3 Å². The molecule has 0 spiro atoms. The molecule has 0 radical (unpaired) electrons. The molecule has 6 heteroatoms. The Hall–Kier alpha value is -2.53. The first-order chi connectivity index (χ1) is 12.0. The monoisotopic (exact) mass is 358 g/mol. The first-order valence-electron chi connectivity index (χ1n) is 8.11. The largest absolute Gasteiger partial charge is 0.427 e. The minimum absolute atomic E-state index is 0.0138. The SMILES string of the molecule is CC(=O)Oc1ccc(C(=O)N2CCN(c3cccc(Cl)c3)CC2)cc1. The van der Waals surface area contributed by atoms with E-state index in [0.29, 0.717) is 29.4 Å². The minimum atomic E-state index is -0.379. The van der Waals surface area contributed by atoms with Gasteiger partial charge < -0.3 is 14.5 Å². The lowest BCUT2D eigenvalue weighted by Crippen LogP contribution is -2.48. The van der Waals surface area contributed by atoms with Crippen LogP contribution in [0.2, 0.25) is 5.02 Å². The van der Waals surface area contributed by atoms with Gasteiger partial charge in [0.15, 0.2) is 0 Å². The van der Waals surface area contributed by atoms with Crippen LogP contribution in [0.4, 0.5) is 5.69 Å². The van der Waals surface area contributed by atoms with Crippen LogP contribution in [0.25, 0.3) is 0 Å². The number of hydrogen-bond acceptors (Lipinski definition) is 4. The van der Waals surface area contributed by atoms with Crippen molar-refractivity contribution in [2.75, 3.05) is 31.1 Å². The van der Waals surface area contributed by atoms with Gasteiger partial charge in [-0.05, 0) is 42.5 Å². The molecular formula is C19H19ClN2O3. The molecule has 3 rings (SSSR count). The lowest BCUT2D eigenvalue weighted by molar-refractivity contribution is -0.131. The van der Waals surface area contributed by atoms with Crippen molar-refractivity contribution in [3.05, 3.63) is 59.1 Å². The number of amides is 1. The van der Waals surface area contributed by atoms with E-state index >= 15 is 0 Å². The molecule has 1 aliphatic rings. The quantitative estimate of drug-likeness (QED) is 0.624. The Morgan fingerprint density at radius 3 is 2.28 bits per heavy atom. The molecule has 25 heavy (non-hydrogen) atoms. The van der Waals surface area contributed by atoms with Gasteiger partial charge in [-0.3, -0.25) is 9.59 Å². The fourth-order valence-electron chi connectivity index (χ4n) is 2.85. The number of carbonyl (C=O) groups is 2. The van der Waals surface area contributed by atoms with E-state index in [1.165, 1.54) is 6.92 Å². The number of ether oxygens (including phenoxy) is 1. The summed E-state index contributed by atoms with van der Waals surface area (Å²) in [6, 6.07) is 14.4. The topological polar surface area (TPSA) is 49.9 Å². The summed E-state index contributed by atoms with van der Waals surface area (Å²) in [5.41, 5.74) is 1.66. The van der Waals surface area contributed by atoms with Crippen molar-refractivity contribution >= 4 is 29.2 Å². The second-order valence-corrected chi connectivity index (χ2v) is 6.31. The van der Waals surface area contributed by atoms with Crippen molar-refractivity contribution in [1.29, 1.82) is 0 Å². The second-order valence-electron chi connectivity index (χ2n) is 5.88. The molecule has 2 aromatic rings. The van der Waals surface area contributed by atoms with Crippen LogP contribution in [0.3, 0.4) is 0 Å². The molecule has 1 fully saturated rings. The number of benzene rings is 2. The molecule has 0 N–H and O–H groups in total. The van der Waals surface area contributed by atoms with Gasteiger partial charge in [0.1, 0.15) is 5.75 Å². The molecule has 0 atom stereocenters. The van der Waals surface area contributed by atoms with Crippen LogP contribution in [0, 0.1) is 0 Å². The number of esters is 1. The fraction of sp³-hybridized carbons (Fsp3) is 0.263. The number of hydrogen-bond donors (Lipinski definition) is 0. The standard InChI is InChI=1S/C19H19ClN2O3/c1-14(23)25-18-7-5-15(6-8-18)19(24)22-11-9-21(10-12-22)17-4-2-3-16(20)13-17/h2-8,13H,9-12H2,1H3. The van der Waals surface area contributed by atoms with Crippen LogP contribution in [0.5, 0.6) is 5.75 Å². The summed E-state index contributed by atoms with van der Waals surface area (Å²) >= 11 is 6.04. The summed E-state index contributed by atoms with van der Waals surface area (Å²) in [6.45, 7) is 4.17. The highest BCUT2D eigenvalue weighted by atomic mass is 35.5. The Bertz CT molecular complexity index is 768. The Balaban J connectivity index is 1.60. The first kappa shape index (κ1) is 17.3. The molecule has 0 aromatic heterocycles. The zero-order chi connectivity index (χ0) is 17.8. The number of rotatable bonds is 3. The molecule has 0 bridgehead atoms. The summed E-state index contributed by atoms with van der Waals surface area (Å²) in [7, 11) is 0. The van der Waals surface area contributed by atoms with E-state index in [9.17, 15) is 9.59 Å². The Morgan fingerprint density at radius 2 is 1.68 bits per heavy atom. The van der Waals surface area contributed by atoms with Gasteiger partial charge in [0.25, 0.3) is 5.91 Å². The molecule has 1 aliphatic heterocycles. The third kappa shape index (κ3) is 4.31. The molecule has 130 valence electrons. The van der Waals surface area contributed by atoms with E-state index < -0.39 is 0 Å². The number of piperazine rings is 1. The molecule has 1 amide bonds. The predicted octanol–water partition coefficient (Wildman–Crippen LogP) is 3.23. The molecule has 2 aromatic carbocycles. The van der Waals surface area contributed by atoms with Crippen molar-refractivity contribution in [2.45, 2.75) is 6.92 Å². The summed E-state index contributed by atoms with van der Waals surface area (Å²) in [4.78, 5) is 27.6. The Morgan fingerprint density at radius 1 is 1.00 bits per heavy atom. The maximum Gasteiger partial charge on any atom is 0.308 e. The van der Waals surface area contributed by atoms with Crippen LogP contribution in [-0.2, 0) is 4.79 Å². The number of nitrogens with zero attached hydrogens (tertiary/aromatic N) is 2. The third-order valence-electron chi connectivity index (χ3n) is 4.10. The van der Waals surface area contributed by atoms with Crippen molar-refractivity contribution in [2.24, 2.45) is 0 Å². The highest BCUT2D eigenvalue weighted by Crippen LogP contribution is 2.21. The van der Waals surface area contributed by atoms with Crippen LogP contribution >= 0.6 is 11.6 Å². The van der Waals surface area contributed by atoms with Gasteiger partial charge in [-0.25, -0.2) is 0 Å². The van der Waals surface area contributed by atoms with Gasteiger partial charge in [-0.2, -0.15) is 0 Å². The van der Waals surface area contributed by atoms with Crippen molar-refractivity contribution in [3.8, 4) is 5.75 Å². The Labute approximate surface area is 151 Å². The van der Waals surface area contributed by atoms with E-state index in [0.717, 1.165) is 18.8 Å². The number of carbonyl (C=O) groups excluding carboxylic acids is 2. The summed E-state index contributed by atoms with van der Waals surface area (Å²) in [6.07, 6.45) is 0. The second kappa shape index (κ2) is 7.57. The van der Waals surface area contributed by atoms with Crippen LogP contribution in [0.15, 0.2) is 48.5 Å². The predicted molar refractivity (Wildman–Crippen MR) is 97.3 cm³/mol. The summed E-state index contributed by atoms with van der Waals surface area (Å²) < 4.78 is 4.99. The van der Waals surface area contributed by atoms with Gasteiger partial charge in [0, 0.05) is 49.4 Å². The molecule has 0 aliphatic carbocycles. The lowest BCUT2D eigenvalue weighted by atomic mass is 10.1. The smallest absolute Gasteiger partial charge is 0.308 e. The first-order valence-corrected chi connectivity index (χ1v) is 8.49. The van der Waals surface area contributed by atoms with E-state index in [-0.39, 0.29) is 11.9 Å². The van der Waals surface area contributed by atoms with Gasteiger partial charge in [0.05, 0.1) is 0 Å². The van der Waals surface area contributed by atoms with Crippen molar-refractivity contribution < 1.29 is 14.3 Å². The zero-order valence-electron chi connectivity index (χ0n) is 13.9. The Kier molecular flexibility index (Phi) is 5.24. The fourth-order valence-corrected chi connectivity index (χ4v) is 3.04. The maximum atomic E-state index is 12.6. The molecular weight excluding hydrogens is 340 g/mol. The van der Waals surface area contributed by atoms with Crippen LogP contribution < -0.4 is 9.64 Å². The minimum Gasteiger partial charge on any atom is -0.427 e.